The second kappa shape index (κ2) is 11.8. The Morgan fingerprint density at radius 3 is 2.30 bits per heavy atom. The highest BCUT2D eigenvalue weighted by Gasteiger charge is 2.22. The summed E-state index contributed by atoms with van der Waals surface area (Å²) in [6.07, 6.45) is 1.62. The first-order valence-corrected chi connectivity index (χ1v) is 11.6. The van der Waals surface area contributed by atoms with E-state index in [1.807, 2.05) is 73.8 Å². The Morgan fingerprint density at radius 2 is 1.67 bits per heavy atom. The average Bonchev–Trinajstić information content (AvgIpc) is 2.70. The second-order valence-corrected chi connectivity index (χ2v) is 9.05. The van der Waals surface area contributed by atoms with Crippen molar-refractivity contribution in [3.63, 3.8) is 0 Å². The summed E-state index contributed by atoms with van der Waals surface area (Å²) in [6, 6.07) is 8.50. The van der Waals surface area contributed by atoms with Crippen molar-refractivity contribution in [3.8, 4) is 5.75 Å². The fourth-order valence-corrected chi connectivity index (χ4v) is 6.37. The molecule has 0 amide bonds. The van der Waals surface area contributed by atoms with E-state index in [0.717, 1.165) is 5.56 Å². The molecule has 1 N–H and O–H groups in total. The van der Waals surface area contributed by atoms with Crippen LogP contribution in [-0.4, -0.2) is 42.8 Å². The van der Waals surface area contributed by atoms with Gasteiger partial charge in [-0.1, -0.05) is 24.8 Å². The summed E-state index contributed by atoms with van der Waals surface area (Å²) in [5.74, 6) is -1.97. The number of hydrogen-bond acceptors (Lipinski definition) is 6. The molecule has 7 nitrogen and oxygen atoms in total. The van der Waals surface area contributed by atoms with E-state index in [-0.39, 0.29) is 18.8 Å². The Kier molecular flexibility index (Phi) is 9.80. The zero-order chi connectivity index (χ0) is 22.3. The standard InChI is InChI=1S/C20H15I3O7/c1-2-11-4-3-5-12(8-11)19(26)28-6-7-29-20(27)16-13(21)9-14(22)18(17(16)23)30-10-15(24)25/h2-5,8-9H,1,6-7,10H2,(H,24,25). The molecule has 0 saturated carbocycles. The molecule has 0 radical (unpaired) electrons. The summed E-state index contributed by atoms with van der Waals surface area (Å²) in [5, 5.41) is 8.82. The third-order valence-corrected chi connectivity index (χ3v) is 6.26. The smallest absolute Gasteiger partial charge is 0.341 e. The van der Waals surface area contributed by atoms with Gasteiger partial charge in [-0.25, -0.2) is 14.4 Å². The first-order chi connectivity index (χ1) is 14.2. The van der Waals surface area contributed by atoms with Gasteiger partial charge in [0.2, 0.25) is 0 Å². The quantitative estimate of drug-likeness (QED) is 0.227. The van der Waals surface area contributed by atoms with Crippen LogP contribution in [0.1, 0.15) is 26.3 Å². The zero-order valence-electron chi connectivity index (χ0n) is 15.3. The van der Waals surface area contributed by atoms with Crippen LogP contribution in [0.15, 0.2) is 36.9 Å². The third-order valence-electron chi connectivity index (χ3n) is 3.58. The van der Waals surface area contributed by atoms with Crippen LogP contribution in [-0.2, 0) is 14.3 Å². The van der Waals surface area contributed by atoms with Crippen molar-refractivity contribution in [2.24, 2.45) is 0 Å². The minimum atomic E-state index is -1.12. The predicted octanol–water partition coefficient (Wildman–Crippen LogP) is 4.62. The maximum absolute atomic E-state index is 12.5. The minimum Gasteiger partial charge on any atom is -0.480 e. The lowest BCUT2D eigenvalue weighted by molar-refractivity contribution is -0.139. The fourth-order valence-electron chi connectivity index (χ4n) is 2.24. The van der Waals surface area contributed by atoms with Gasteiger partial charge in [-0.15, -0.1) is 0 Å². The fraction of sp³-hybridized carbons (Fsp3) is 0.150. The lowest BCUT2D eigenvalue weighted by atomic mass is 10.1. The molecule has 30 heavy (non-hydrogen) atoms. The van der Waals surface area contributed by atoms with E-state index in [1.165, 1.54) is 0 Å². The number of ether oxygens (including phenoxy) is 3. The van der Waals surface area contributed by atoms with E-state index < -0.39 is 24.5 Å². The molecular formula is C20H15I3O7. The van der Waals surface area contributed by atoms with E-state index in [2.05, 4.69) is 6.58 Å². The summed E-state index contributed by atoms with van der Waals surface area (Å²) in [5.41, 5.74) is 1.43. The summed E-state index contributed by atoms with van der Waals surface area (Å²) in [4.78, 5) is 35.4. The normalized spacial score (nSPS) is 10.2. The monoisotopic (exact) mass is 748 g/mol. The molecule has 0 fully saturated rings. The van der Waals surface area contributed by atoms with Crippen molar-refractivity contribution < 1.29 is 33.7 Å². The number of carboxylic acids is 1. The molecule has 0 saturated heterocycles. The van der Waals surface area contributed by atoms with Crippen molar-refractivity contribution in [3.05, 3.63) is 64.3 Å². The van der Waals surface area contributed by atoms with Crippen molar-refractivity contribution in [1.82, 2.24) is 0 Å². The molecule has 10 heteroatoms. The summed E-state index contributed by atoms with van der Waals surface area (Å²) in [6.45, 7) is 2.89. The number of hydrogen-bond donors (Lipinski definition) is 1. The largest absolute Gasteiger partial charge is 0.480 e. The minimum absolute atomic E-state index is 0.108. The zero-order valence-corrected chi connectivity index (χ0v) is 21.8. The molecule has 2 rings (SSSR count). The van der Waals surface area contributed by atoms with E-state index in [4.69, 9.17) is 19.3 Å². The molecular weight excluding hydrogens is 733 g/mol. The Bertz CT molecular complexity index is 989. The maximum Gasteiger partial charge on any atom is 0.341 e. The average molecular weight is 748 g/mol. The Labute approximate surface area is 213 Å². The number of esters is 2. The van der Waals surface area contributed by atoms with Crippen LogP contribution in [0.5, 0.6) is 5.75 Å². The molecule has 0 atom stereocenters. The van der Waals surface area contributed by atoms with Gasteiger partial charge < -0.3 is 19.3 Å². The number of rotatable bonds is 9. The number of benzene rings is 2. The van der Waals surface area contributed by atoms with E-state index in [0.29, 0.717) is 22.0 Å². The van der Waals surface area contributed by atoms with Crippen LogP contribution in [0.25, 0.3) is 6.08 Å². The molecule has 0 heterocycles. The third kappa shape index (κ3) is 6.80. The van der Waals surface area contributed by atoms with Crippen LogP contribution >= 0.6 is 67.8 Å². The van der Waals surface area contributed by atoms with Gasteiger partial charge in [0.15, 0.2) is 6.61 Å². The Hall–Kier alpha value is -1.42. The molecule has 0 bridgehead atoms. The lowest BCUT2D eigenvalue weighted by Crippen LogP contribution is -2.17. The topological polar surface area (TPSA) is 99.1 Å². The number of aliphatic carboxylic acids is 1. The number of halogens is 3. The van der Waals surface area contributed by atoms with Crippen LogP contribution in [0.2, 0.25) is 0 Å². The highest BCUT2D eigenvalue weighted by molar-refractivity contribution is 14.1. The van der Waals surface area contributed by atoms with Crippen molar-refractivity contribution >= 4 is 91.8 Å². The highest BCUT2D eigenvalue weighted by atomic mass is 127. The molecule has 2 aromatic rings. The Morgan fingerprint density at radius 1 is 1.00 bits per heavy atom. The van der Waals surface area contributed by atoms with E-state index in [9.17, 15) is 14.4 Å². The Balaban J connectivity index is 1.99. The van der Waals surface area contributed by atoms with Gasteiger partial charge in [0.25, 0.3) is 0 Å². The molecule has 0 aliphatic rings. The van der Waals surface area contributed by atoms with Crippen LogP contribution < -0.4 is 4.74 Å². The van der Waals surface area contributed by atoms with Gasteiger partial charge in [0, 0.05) is 3.57 Å². The van der Waals surface area contributed by atoms with Gasteiger partial charge in [-0.05, 0) is 91.5 Å². The van der Waals surface area contributed by atoms with Crippen LogP contribution in [0.4, 0.5) is 0 Å². The predicted molar refractivity (Wildman–Crippen MR) is 135 cm³/mol. The van der Waals surface area contributed by atoms with Gasteiger partial charge in [0.1, 0.15) is 19.0 Å². The highest BCUT2D eigenvalue weighted by Crippen LogP contribution is 2.34. The number of carboxylic acid groups (broad SMARTS) is 1. The van der Waals surface area contributed by atoms with Gasteiger partial charge in [-0.2, -0.15) is 0 Å². The number of carbonyl (C=O) groups is 3. The summed E-state index contributed by atoms with van der Waals surface area (Å²) >= 11 is 5.92. The van der Waals surface area contributed by atoms with E-state index in [1.54, 1.807) is 30.3 Å². The first kappa shape index (κ1) is 24.8. The van der Waals surface area contributed by atoms with Gasteiger partial charge in [0.05, 0.1) is 18.3 Å². The number of carbonyl (C=O) groups excluding carboxylic acids is 2. The SMILES string of the molecule is C=Cc1cccc(C(=O)OCCOC(=O)c2c(I)cc(I)c(OCC(=O)O)c2I)c1. The maximum atomic E-state index is 12.5. The molecule has 0 aromatic heterocycles. The summed E-state index contributed by atoms with van der Waals surface area (Å²) in [7, 11) is 0. The van der Waals surface area contributed by atoms with Crippen LogP contribution in [0.3, 0.4) is 0 Å². The molecule has 2 aromatic carbocycles. The first-order valence-electron chi connectivity index (χ1n) is 8.33. The molecule has 0 aliphatic carbocycles. The van der Waals surface area contributed by atoms with E-state index >= 15 is 0 Å². The van der Waals surface area contributed by atoms with Gasteiger partial charge >= 0.3 is 17.9 Å². The van der Waals surface area contributed by atoms with Gasteiger partial charge in [-0.3, -0.25) is 0 Å². The lowest BCUT2D eigenvalue weighted by Gasteiger charge is -2.14. The molecule has 158 valence electrons. The summed E-state index contributed by atoms with van der Waals surface area (Å²) < 4.78 is 17.4. The van der Waals surface area contributed by atoms with Crippen molar-refractivity contribution in [2.75, 3.05) is 19.8 Å². The second-order valence-electron chi connectivity index (χ2n) is 5.64. The van der Waals surface area contributed by atoms with Crippen molar-refractivity contribution in [2.45, 2.75) is 0 Å². The molecule has 0 spiro atoms. The van der Waals surface area contributed by atoms with Crippen LogP contribution in [0, 0.1) is 10.7 Å². The van der Waals surface area contributed by atoms with Crippen molar-refractivity contribution in [1.29, 1.82) is 0 Å². The molecule has 0 unspecified atom stereocenters. The molecule has 0 aliphatic heterocycles.